The quantitative estimate of drug-likeness (QED) is 0.109. The summed E-state index contributed by atoms with van der Waals surface area (Å²) in [6.45, 7) is 3.65. The first-order chi connectivity index (χ1) is 25.7. The maximum absolute atomic E-state index is 16.0. The minimum Gasteiger partial charge on any atom is -0.282 e. The van der Waals surface area contributed by atoms with Crippen LogP contribution in [0.2, 0.25) is 20.1 Å². The molecule has 2 aliphatic rings. The number of thiophene rings is 2. The number of halogens is 6. The fourth-order valence-electron chi connectivity index (χ4n) is 7.21. The molecule has 54 heavy (non-hydrogen) atoms. The van der Waals surface area contributed by atoms with Gasteiger partial charge in [-0.1, -0.05) is 46.4 Å². The molecule has 0 saturated carbocycles. The molecule has 4 aromatic heterocycles. The zero-order valence-electron chi connectivity index (χ0n) is 28.5. The Kier molecular flexibility index (Phi) is 9.96. The largest absolute Gasteiger partial charge is 0.295 e. The third-order valence-electron chi connectivity index (χ3n) is 9.46. The Hall–Kier alpha value is -3.33. The summed E-state index contributed by atoms with van der Waals surface area (Å²) in [5.41, 5.74) is 5.53. The molecule has 1 N–H and O–H groups in total. The molecule has 7 nitrogen and oxygen atoms in total. The van der Waals surface area contributed by atoms with E-state index in [9.17, 15) is 13.0 Å². The normalized spacial score (nSPS) is 13.8. The van der Waals surface area contributed by atoms with Crippen molar-refractivity contribution in [1.82, 2.24) is 19.6 Å². The third kappa shape index (κ3) is 6.58. The minimum atomic E-state index is -4.53. The second-order valence-electron chi connectivity index (χ2n) is 13.1. The van der Waals surface area contributed by atoms with Gasteiger partial charge in [0.05, 0.1) is 42.6 Å². The average Bonchev–Trinajstić information content (AvgIpc) is 3.91. The number of fused-ring (bicyclic) bond motifs is 6. The van der Waals surface area contributed by atoms with Gasteiger partial charge in [0, 0.05) is 43.8 Å². The predicted molar refractivity (Wildman–Crippen MR) is 215 cm³/mol. The molecule has 278 valence electrons. The number of aryl methyl sites for hydroxylation is 2. The molecular weight excluding hydrogens is 836 g/mol. The highest BCUT2D eigenvalue weighted by Crippen LogP contribution is 2.50. The molecule has 0 saturated heterocycles. The molecule has 0 bridgehead atoms. The first-order valence-corrected chi connectivity index (χ1v) is 21.4. The molecule has 0 unspecified atom stereocenters. The van der Waals surface area contributed by atoms with Gasteiger partial charge in [0.2, 0.25) is 0 Å². The number of aromatic nitrogens is 4. The lowest BCUT2D eigenvalue weighted by Gasteiger charge is -2.08. The van der Waals surface area contributed by atoms with Gasteiger partial charge in [0.1, 0.15) is 27.9 Å². The van der Waals surface area contributed by atoms with E-state index < -0.39 is 21.8 Å². The summed E-state index contributed by atoms with van der Waals surface area (Å²) in [4.78, 5) is 3.02. The van der Waals surface area contributed by atoms with Gasteiger partial charge in [-0.3, -0.25) is 4.55 Å². The van der Waals surface area contributed by atoms with Crippen LogP contribution in [0.5, 0.6) is 0 Å². The van der Waals surface area contributed by atoms with Crippen LogP contribution in [0, 0.1) is 13.8 Å². The van der Waals surface area contributed by atoms with Crippen LogP contribution >= 0.6 is 69.1 Å². The molecule has 8 rings (SSSR count). The second-order valence-corrected chi connectivity index (χ2v) is 18.6. The third-order valence-corrected chi connectivity index (χ3v) is 14.0. The van der Waals surface area contributed by atoms with Crippen LogP contribution in [0.25, 0.3) is 44.2 Å². The predicted octanol–water partition coefficient (Wildman–Crippen LogP) is 12.7. The summed E-state index contributed by atoms with van der Waals surface area (Å²) in [5.74, 6) is -1.01. The monoisotopic (exact) mass is 862 g/mol. The zero-order chi connectivity index (χ0) is 38.2. The summed E-state index contributed by atoms with van der Waals surface area (Å²) in [5, 5.41) is 10.9. The molecular formula is C38H28Cl4F2N4O3S3. The van der Waals surface area contributed by atoms with Gasteiger partial charge in [-0.2, -0.15) is 18.6 Å². The van der Waals surface area contributed by atoms with Gasteiger partial charge in [0.15, 0.2) is 0 Å². The fraction of sp³-hybridized carbons (Fsp3) is 0.211. The van der Waals surface area contributed by atoms with Gasteiger partial charge in [-0.25, -0.2) is 18.1 Å². The number of nitrogens with zero attached hydrogens (tertiary/aromatic N) is 4. The van der Waals surface area contributed by atoms with Crippen LogP contribution in [0.4, 0.5) is 8.78 Å². The van der Waals surface area contributed by atoms with E-state index >= 15 is 8.78 Å². The summed E-state index contributed by atoms with van der Waals surface area (Å²) in [7, 11) is -4.53. The summed E-state index contributed by atoms with van der Waals surface area (Å²) in [6.07, 6.45) is 5.47. The van der Waals surface area contributed by atoms with E-state index in [1.807, 2.05) is 6.92 Å². The summed E-state index contributed by atoms with van der Waals surface area (Å²) in [6, 6.07) is 12.1. The molecule has 2 aliphatic carbocycles. The Labute approximate surface area is 337 Å². The highest BCUT2D eigenvalue weighted by molar-refractivity contribution is 7.86. The molecule has 2 aromatic carbocycles. The topological polar surface area (TPSA) is 90.0 Å². The number of unbranched alkanes of at least 4 members (excludes halogenated alkanes) is 3. The Bertz CT molecular complexity index is 2710. The van der Waals surface area contributed by atoms with Crippen molar-refractivity contribution in [3.63, 3.8) is 0 Å². The van der Waals surface area contributed by atoms with Crippen LogP contribution in [-0.2, 0) is 23.0 Å². The molecule has 0 amide bonds. The van der Waals surface area contributed by atoms with E-state index in [0.29, 0.717) is 85.1 Å². The maximum Gasteiger partial charge on any atom is 0.295 e. The lowest BCUT2D eigenvalue weighted by molar-refractivity contribution is 0.482. The highest BCUT2D eigenvalue weighted by atomic mass is 35.5. The van der Waals surface area contributed by atoms with Gasteiger partial charge in [-0.05, 0) is 105 Å². The van der Waals surface area contributed by atoms with Gasteiger partial charge in [0.25, 0.3) is 10.1 Å². The van der Waals surface area contributed by atoms with Crippen molar-refractivity contribution in [2.45, 2.75) is 57.3 Å². The number of hydrogen-bond donors (Lipinski definition) is 1. The van der Waals surface area contributed by atoms with E-state index in [2.05, 4.69) is 11.2 Å². The first kappa shape index (κ1) is 37.6. The lowest BCUT2D eigenvalue weighted by atomic mass is 10.1. The van der Waals surface area contributed by atoms with E-state index in [1.54, 1.807) is 59.3 Å². The van der Waals surface area contributed by atoms with E-state index in [4.69, 9.17) is 51.5 Å². The van der Waals surface area contributed by atoms with Crippen molar-refractivity contribution in [2.24, 2.45) is 0 Å². The highest BCUT2D eigenvalue weighted by Gasteiger charge is 2.37. The van der Waals surface area contributed by atoms with Crippen molar-refractivity contribution in [3.05, 3.63) is 118 Å². The van der Waals surface area contributed by atoms with Crippen LogP contribution in [0.3, 0.4) is 0 Å². The number of benzene rings is 2. The molecule has 0 atom stereocenters. The fourth-order valence-corrected chi connectivity index (χ4v) is 11.8. The van der Waals surface area contributed by atoms with Gasteiger partial charge in [-0.15, -0.1) is 22.7 Å². The zero-order valence-corrected chi connectivity index (χ0v) is 34.0. The van der Waals surface area contributed by atoms with Crippen molar-refractivity contribution in [3.8, 4) is 32.5 Å². The number of allylic oxidation sites excluding steroid dienone is 2. The Balaban J connectivity index is 1.02. The van der Waals surface area contributed by atoms with Crippen LogP contribution < -0.4 is 0 Å². The number of hydrogen-bond acceptors (Lipinski definition) is 6. The molecule has 6 aromatic rings. The Morgan fingerprint density at radius 3 is 1.81 bits per heavy atom. The molecule has 4 heterocycles. The lowest BCUT2D eigenvalue weighted by Crippen LogP contribution is -2.03. The van der Waals surface area contributed by atoms with Crippen LogP contribution in [0.1, 0.15) is 69.1 Å². The standard InChI is InChI=1S/C38H28Cl4F2N4O3S3/c1-18-13-20-14-23-32(45-47(34(23)36(20)52-18)30-11-9-21(39)15-26(30)41)28(43)7-5-3-4-6-8-29(44)33-24-17-25-37(53-19(2)38(25)54(49,50)51)35(24)48(46-33)31-12-10-22(40)16-27(31)42/h7-13,15-16H,3-6,14,17H2,1-2H3,(H,49,50,51). The van der Waals surface area contributed by atoms with Crippen LogP contribution in [0.15, 0.2) is 59.5 Å². The van der Waals surface area contributed by atoms with Crippen molar-refractivity contribution < 1.29 is 21.8 Å². The van der Waals surface area contributed by atoms with Gasteiger partial charge < -0.3 is 0 Å². The van der Waals surface area contributed by atoms with Crippen molar-refractivity contribution in [2.75, 3.05) is 0 Å². The van der Waals surface area contributed by atoms with Gasteiger partial charge >= 0.3 is 0 Å². The maximum atomic E-state index is 16.0. The van der Waals surface area contributed by atoms with Crippen molar-refractivity contribution >= 4 is 90.8 Å². The summed E-state index contributed by atoms with van der Waals surface area (Å²) >= 11 is 28.2. The first-order valence-electron chi connectivity index (χ1n) is 16.8. The summed E-state index contributed by atoms with van der Waals surface area (Å²) < 4.78 is 69.7. The Morgan fingerprint density at radius 2 is 1.30 bits per heavy atom. The molecule has 0 fully saturated rings. The second kappa shape index (κ2) is 14.3. The molecule has 16 heteroatoms. The smallest absolute Gasteiger partial charge is 0.282 e. The molecule has 0 spiro atoms. The van der Waals surface area contributed by atoms with Crippen molar-refractivity contribution in [1.29, 1.82) is 0 Å². The molecule has 0 aliphatic heterocycles. The Morgan fingerprint density at radius 1 is 0.778 bits per heavy atom. The SMILES string of the molecule is Cc1cc2c(s1)-c1c(c(C(F)=CCCCCC=C(F)c3nn(-c4ccc(Cl)cc4Cl)c4c3Cc3c-4sc(C)c3S(=O)(=O)O)nn1-c1ccc(Cl)cc1Cl)C2. The molecule has 0 radical (unpaired) electrons. The van der Waals surface area contributed by atoms with E-state index in [1.165, 1.54) is 28.2 Å². The van der Waals surface area contributed by atoms with E-state index in [-0.39, 0.29) is 27.7 Å². The average molecular weight is 865 g/mol. The number of rotatable bonds is 10. The van der Waals surface area contributed by atoms with E-state index in [0.717, 1.165) is 26.6 Å². The minimum absolute atomic E-state index is 0.0539. The van der Waals surface area contributed by atoms with Crippen LogP contribution in [-0.4, -0.2) is 32.5 Å².